The first kappa shape index (κ1) is 19.9. The van der Waals surface area contributed by atoms with Crippen molar-refractivity contribution in [2.45, 2.75) is 40.0 Å². The second-order valence-electron chi connectivity index (χ2n) is 5.65. The summed E-state index contributed by atoms with van der Waals surface area (Å²) in [6, 6.07) is 16.6. The van der Waals surface area contributed by atoms with Crippen molar-refractivity contribution >= 4 is 5.97 Å². The largest absolute Gasteiger partial charge is 0.465 e. The van der Waals surface area contributed by atoms with Gasteiger partial charge in [0.15, 0.2) is 0 Å². The van der Waals surface area contributed by atoms with E-state index in [1.165, 1.54) is 35.6 Å². The van der Waals surface area contributed by atoms with Crippen molar-refractivity contribution in [2.24, 2.45) is 5.73 Å². The molecule has 2 aromatic carbocycles. The molecule has 1 aliphatic rings. The molecule has 0 atom stereocenters. The highest BCUT2D eigenvalue weighted by molar-refractivity contribution is 5.79. The van der Waals surface area contributed by atoms with Gasteiger partial charge in [0.1, 0.15) is 6.61 Å². The third kappa shape index (κ3) is 5.20. The lowest BCUT2D eigenvalue weighted by Gasteiger charge is -2.12. The molecule has 130 valence electrons. The lowest BCUT2D eigenvalue weighted by molar-refractivity contribution is -0.141. The molecule has 3 nitrogen and oxygen atoms in total. The Bertz CT molecular complexity index is 590. The average molecular weight is 327 g/mol. The number of benzene rings is 2. The molecule has 0 aromatic heterocycles. The Morgan fingerprint density at radius 2 is 1.33 bits per heavy atom. The van der Waals surface area contributed by atoms with Gasteiger partial charge in [0.25, 0.3) is 0 Å². The average Bonchev–Trinajstić information content (AvgIpc) is 2.88. The van der Waals surface area contributed by atoms with E-state index in [1.54, 1.807) is 0 Å². The van der Waals surface area contributed by atoms with Crippen LogP contribution in [0.4, 0.5) is 0 Å². The Labute approximate surface area is 145 Å². The van der Waals surface area contributed by atoms with Gasteiger partial charge in [-0.3, -0.25) is 4.79 Å². The monoisotopic (exact) mass is 327 g/mol. The van der Waals surface area contributed by atoms with Gasteiger partial charge in [0.2, 0.25) is 0 Å². The molecule has 24 heavy (non-hydrogen) atoms. The van der Waals surface area contributed by atoms with Crippen LogP contribution >= 0.6 is 0 Å². The van der Waals surface area contributed by atoms with Gasteiger partial charge in [-0.1, -0.05) is 75.7 Å². The third-order valence-electron chi connectivity index (χ3n) is 3.42. The Morgan fingerprint density at radius 1 is 0.958 bits per heavy atom. The van der Waals surface area contributed by atoms with Crippen molar-refractivity contribution in [2.75, 3.05) is 13.2 Å². The molecule has 0 aliphatic heterocycles. The summed E-state index contributed by atoms with van der Waals surface area (Å²) in [4.78, 5) is 11.0. The van der Waals surface area contributed by atoms with Crippen LogP contribution in [0.2, 0.25) is 0 Å². The Balaban J connectivity index is 0.000000423. The maximum atomic E-state index is 11.0. The van der Waals surface area contributed by atoms with E-state index in [-0.39, 0.29) is 11.9 Å². The van der Waals surface area contributed by atoms with Gasteiger partial charge in [0.05, 0.1) is 0 Å². The van der Waals surface area contributed by atoms with Crippen molar-refractivity contribution in [3.8, 4) is 11.1 Å². The fourth-order valence-electron chi connectivity index (χ4n) is 2.64. The molecule has 0 unspecified atom stereocenters. The summed E-state index contributed by atoms with van der Waals surface area (Å²) in [5, 5.41) is 0. The first-order chi connectivity index (χ1) is 11.6. The van der Waals surface area contributed by atoms with Crippen LogP contribution in [0.1, 0.15) is 51.2 Å². The molecule has 2 aromatic rings. The summed E-state index contributed by atoms with van der Waals surface area (Å²) in [6.45, 7) is 8.77. The molecular formula is C21H29NO2. The summed E-state index contributed by atoms with van der Waals surface area (Å²) >= 11 is 0. The van der Waals surface area contributed by atoms with Gasteiger partial charge in [-0.05, 0) is 28.8 Å². The van der Waals surface area contributed by atoms with Crippen LogP contribution in [0.25, 0.3) is 11.1 Å². The molecule has 0 amide bonds. The normalized spacial score (nSPS) is 11.2. The van der Waals surface area contributed by atoms with Crippen molar-refractivity contribution < 1.29 is 9.53 Å². The maximum absolute atomic E-state index is 11.0. The standard InChI is InChI=1S/C16H14O2.C3H8.C2H7N/c1-11(17)18-10-16-14-8-4-2-6-12(14)13-7-3-5-9-15(13)16;1-3-2;1-2-3/h2-9,16H,10H2,1H3;3H2,1-2H3;2-3H2,1H3. The van der Waals surface area contributed by atoms with Crippen LogP contribution in [0.15, 0.2) is 48.5 Å². The number of ether oxygens (including phenoxy) is 1. The van der Waals surface area contributed by atoms with Crippen molar-refractivity contribution in [1.82, 2.24) is 0 Å². The van der Waals surface area contributed by atoms with Crippen LogP contribution in [0, 0.1) is 0 Å². The number of nitrogens with two attached hydrogens (primary N) is 1. The van der Waals surface area contributed by atoms with Crippen molar-refractivity contribution in [3.63, 3.8) is 0 Å². The molecular weight excluding hydrogens is 298 g/mol. The second-order valence-corrected chi connectivity index (χ2v) is 5.65. The minimum absolute atomic E-state index is 0.168. The van der Waals surface area contributed by atoms with E-state index in [0.29, 0.717) is 6.61 Å². The minimum atomic E-state index is -0.225. The third-order valence-corrected chi connectivity index (χ3v) is 3.42. The second kappa shape index (κ2) is 10.6. The van der Waals surface area contributed by atoms with Crippen LogP contribution in [-0.4, -0.2) is 19.1 Å². The van der Waals surface area contributed by atoms with Crippen LogP contribution in [0.3, 0.4) is 0 Å². The maximum Gasteiger partial charge on any atom is 0.302 e. The number of hydrogen-bond donors (Lipinski definition) is 1. The number of hydrogen-bond acceptors (Lipinski definition) is 3. The minimum Gasteiger partial charge on any atom is -0.465 e. The van der Waals surface area contributed by atoms with Gasteiger partial charge >= 0.3 is 5.97 Å². The molecule has 3 heteroatoms. The van der Waals surface area contributed by atoms with Crippen molar-refractivity contribution in [1.29, 1.82) is 0 Å². The van der Waals surface area contributed by atoms with Gasteiger partial charge < -0.3 is 10.5 Å². The molecule has 0 saturated heterocycles. The van der Waals surface area contributed by atoms with Gasteiger partial charge in [-0.2, -0.15) is 0 Å². The lowest BCUT2D eigenvalue weighted by Crippen LogP contribution is -2.09. The Hall–Kier alpha value is -2.13. The SMILES string of the molecule is CC(=O)OCC1c2ccccc2-c2ccccc21.CCC.CCN. The van der Waals surface area contributed by atoms with E-state index < -0.39 is 0 Å². The summed E-state index contributed by atoms with van der Waals surface area (Å²) in [5.74, 6) is -0.0573. The zero-order valence-corrected chi connectivity index (χ0v) is 15.2. The molecule has 0 fully saturated rings. The molecule has 0 radical (unpaired) electrons. The van der Waals surface area contributed by atoms with E-state index in [9.17, 15) is 4.79 Å². The highest BCUT2D eigenvalue weighted by Gasteiger charge is 2.28. The molecule has 0 saturated carbocycles. The molecule has 0 spiro atoms. The first-order valence-corrected chi connectivity index (χ1v) is 8.62. The van der Waals surface area contributed by atoms with Crippen LogP contribution in [-0.2, 0) is 9.53 Å². The number of carbonyl (C=O) groups is 1. The Kier molecular flexibility index (Phi) is 8.80. The number of esters is 1. The van der Waals surface area contributed by atoms with E-state index >= 15 is 0 Å². The smallest absolute Gasteiger partial charge is 0.302 e. The van der Waals surface area contributed by atoms with E-state index in [4.69, 9.17) is 10.5 Å². The molecule has 1 aliphatic carbocycles. The van der Waals surface area contributed by atoms with Gasteiger partial charge in [0, 0.05) is 12.8 Å². The fourth-order valence-corrected chi connectivity index (χ4v) is 2.64. The predicted octanol–water partition coefficient (Wildman–Crippen LogP) is 4.74. The van der Waals surface area contributed by atoms with Gasteiger partial charge in [-0.25, -0.2) is 0 Å². The van der Waals surface area contributed by atoms with E-state index in [2.05, 4.69) is 38.1 Å². The highest BCUT2D eigenvalue weighted by Crippen LogP contribution is 2.44. The number of rotatable bonds is 2. The zero-order valence-electron chi connectivity index (χ0n) is 15.2. The fraction of sp³-hybridized carbons (Fsp3) is 0.381. The zero-order chi connectivity index (χ0) is 17.9. The quantitative estimate of drug-likeness (QED) is 0.810. The summed E-state index contributed by atoms with van der Waals surface area (Å²) in [6.07, 6.45) is 1.25. The van der Waals surface area contributed by atoms with E-state index in [0.717, 1.165) is 6.54 Å². The molecule has 0 bridgehead atoms. The number of carbonyl (C=O) groups excluding carboxylic acids is 1. The molecule has 2 N–H and O–H groups in total. The Morgan fingerprint density at radius 3 is 1.71 bits per heavy atom. The summed E-state index contributed by atoms with van der Waals surface area (Å²) < 4.78 is 5.20. The highest BCUT2D eigenvalue weighted by atomic mass is 16.5. The topological polar surface area (TPSA) is 52.3 Å². The van der Waals surface area contributed by atoms with Gasteiger partial charge in [-0.15, -0.1) is 0 Å². The summed E-state index contributed by atoms with van der Waals surface area (Å²) in [5.41, 5.74) is 9.86. The first-order valence-electron chi connectivity index (χ1n) is 8.62. The summed E-state index contributed by atoms with van der Waals surface area (Å²) in [7, 11) is 0. The van der Waals surface area contributed by atoms with E-state index in [1.807, 2.05) is 31.2 Å². The molecule has 0 heterocycles. The number of fused-ring (bicyclic) bond motifs is 3. The van der Waals surface area contributed by atoms with Crippen LogP contribution < -0.4 is 5.73 Å². The van der Waals surface area contributed by atoms with Crippen molar-refractivity contribution in [3.05, 3.63) is 59.7 Å². The molecule has 3 rings (SSSR count). The predicted molar refractivity (Wildman–Crippen MR) is 101 cm³/mol. The van der Waals surface area contributed by atoms with Crippen LogP contribution in [0.5, 0.6) is 0 Å². The lowest BCUT2D eigenvalue weighted by atomic mass is 9.98.